The summed E-state index contributed by atoms with van der Waals surface area (Å²) in [5.41, 5.74) is -0.895. The number of hydrogen-bond donors (Lipinski definition) is 0. The number of ether oxygens (including phenoxy) is 2. The lowest BCUT2D eigenvalue weighted by molar-refractivity contribution is -0.163. The number of carbonyl (C=O) groups excluding carboxylic acids is 2. The van der Waals surface area contributed by atoms with E-state index in [0.29, 0.717) is 18.4 Å². The third kappa shape index (κ3) is 8.24. The Hall–Kier alpha value is -0.840. The summed E-state index contributed by atoms with van der Waals surface area (Å²) in [6.45, 7) is 16.0. The van der Waals surface area contributed by atoms with E-state index in [1.165, 1.54) is 0 Å². The molecule has 0 saturated heterocycles. The second-order valence-electron chi connectivity index (χ2n) is 7.05. The maximum atomic E-state index is 11.9. The van der Waals surface area contributed by atoms with Crippen molar-refractivity contribution in [1.29, 1.82) is 0 Å². The summed E-state index contributed by atoms with van der Waals surface area (Å²) < 4.78 is 10.2. The number of carbonyl (C=O) groups is 2. The monoisotopic (exact) mass is 362 g/mol. The van der Waals surface area contributed by atoms with Crippen molar-refractivity contribution in [3.05, 3.63) is 12.2 Å². The molecule has 0 aromatic heterocycles. The normalized spacial score (nSPS) is 12.8. The smallest absolute Gasteiger partial charge is 0.333 e. The topological polar surface area (TPSA) is 52.6 Å². The molecule has 0 aromatic rings. The van der Waals surface area contributed by atoms with Crippen LogP contribution in [0.15, 0.2) is 12.2 Å². The minimum Gasteiger partial charge on any atom is -0.459 e. The highest BCUT2D eigenvalue weighted by molar-refractivity contribution is 9.10. The lowest BCUT2D eigenvalue weighted by Gasteiger charge is -2.32. The first-order chi connectivity index (χ1) is 9.16. The fourth-order valence-corrected chi connectivity index (χ4v) is 1.50. The van der Waals surface area contributed by atoms with E-state index in [0.717, 1.165) is 0 Å². The van der Waals surface area contributed by atoms with Crippen molar-refractivity contribution in [1.82, 2.24) is 0 Å². The van der Waals surface area contributed by atoms with Gasteiger partial charge in [-0.2, -0.15) is 0 Å². The average molecular weight is 363 g/mol. The van der Waals surface area contributed by atoms with Crippen LogP contribution >= 0.6 is 15.9 Å². The van der Waals surface area contributed by atoms with Crippen LogP contribution in [0.25, 0.3) is 0 Å². The molecule has 0 unspecified atom stereocenters. The summed E-state index contributed by atoms with van der Waals surface area (Å²) in [5.74, 6) is -0.722. The predicted octanol–water partition coefficient (Wildman–Crippen LogP) is 4.16. The van der Waals surface area contributed by atoms with Crippen molar-refractivity contribution >= 4 is 27.9 Å². The molecule has 4 nitrogen and oxygen atoms in total. The molecule has 0 saturated carbocycles. The molecule has 0 heterocycles. The molecule has 0 N–H and O–H groups in total. The highest BCUT2D eigenvalue weighted by Crippen LogP contribution is 2.28. The molecule has 0 rings (SSSR count). The molecule has 0 bridgehead atoms. The van der Waals surface area contributed by atoms with Gasteiger partial charge in [-0.1, -0.05) is 22.5 Å². The minimum absolute atomic E-state index is 0.316. The van der Waals surface area contributed by atoms with Crippen LogP contribution in [0, 0.1) is 0 Å². The molecular weight excluding hydrogens is 336 g/mol. The summed E-state index contributed by atoms with van der Waals surface area (Å²) >= 11 is 3.28. The summed E-state index contributed by atoms with van der Waals surface area (Å²) in [6.07, 6.45) is 1.16. The van der Waals surface area contributed by atoms with Gasteiger partial charge in [0.25, 0.3) is 0 Å². The van der Waals surface area contributed by atoms with E-state index < -0.39 is 21.5 Å². The Morgan fingerprint density at radius 2 is 1.33 bits per heavy atom. The first kappa shape index (κ1) is 20.2. The molecular formula is C16H27BrO4. The molecule has 0 aromatic carbocycles. The molecule has 0 aliphatic carbocycles. The van der Waals surface area contributed by atoms with Gasteiger partial charge in [0.2, 0.25) is 0 Å². The highest BCUT2D eigenvalue weighted by Gasteiger charge is 2.34. The van der Waals surface area contributed by atoms with Crippen molar-refractivity contribution in [3.63, 3.8) is 0 Å². The molecule has 0 fully saturated rings. The summed E-state index contributed by atoms with van der Waals surface area (Å²) in [4.78, 5) is 23.5. The van der Waals surface area contributed by atoms with E-state index in [4.69, 9.17) is 9.47 Å². The van der Waals surface area contributed by atoms with E-state index in [1.807, 2.05) is 27.7 Å². The van der Waals surface area contributed by atoms with E-state index in [1.54, 1.807) is 20.8 Å². The quantitative estimate of drug-likeness (QED) is 0.387. The Kier molecular flexibility index (Phi) is 6.67. The van der Waals surface area contributed by atoms with Gasteiger partial charge < -0.3 is 9.47 Å². The van der Waals surface area contributed by atoms with Crippen LogP contribution in [0.3, 0.4) is 0 Å². The molecule has 0 aliphatic rings. The van der Waals surface area contributed by atoms with Crippen LogP contribution in [-0.4, -0.2) is 27.5 Å². The summed E-state index contributed by atoms with van der Waals surface area (Å²) in [7, 11) is 0. The molecule has 0 spiro atoms. The molecule has 122 valence electrons. The van der Waals surface area contributed by atoms with Gasteiger partial charge in [-0.15, -0.1) is 0 Å². The van der Waals surface area contributed by atoms with Crippen molar-refractivity contribution in [2.75, 3.05) is 0 Å². The lowest BCUT2D eigenvalue weighted by Crippen LogP contribution is -2.38. The summed E-state index contributed by atoms with van der Waals surface area (Å²) in [6, 6.07) is 0. The Bertz CT molecular complexity index is 416. The first-order valence-electron chi connectivity index (χ1n) is 6.97. The number of esters is 2. The molecule has 0 amide bonds. The van der Waals surface area contributed by atoms with Crippen molar-refractivity contribution < 1.29 is 19.1 Å². The Balaban J connectivity index is 4.57. The zero-order chi connectivity index (χ0) is 17.1. The first-order valence-corrected chi connectivity index (χ1v) is 7.77. The van der Waals surface area contributed by atoms with E-state index in [2.05, 4.69) is 22.5 Å². The molecule has 0 radical (unpaired) electrons. The maximum absolute atomic E-state index is 11.9. The molecule has 21 heavy (non-hydrogen) atoms. The van der Waals surface area contributed by atoms with Gasteiger partial charge in [0.1, 0.15) is 15.5 Å². The molecule has 0 atom stereocenters. The van der Waals surface area contributed by atoms with Gasteiger partial charge in [-0.25, -0.2) is 4.79 Å². The van der Waals surface area contributed by atoms with Gasteiger partial charge >= 0.3 is 11.9 Å². The lowest BCUT2D eigenvalue weighted by atomic mass is 9.93. The predicted molar refractivity (Wildman–Crippen MR) is 87.4 cm³/mol. The maximum Gasteiger partial charge on any atom is 0.333 e. The van der Waals surface area contributed by atoms with Gasteiger partial charge in [-0.3, -0.25) is 4.79 Å². The van der Waals surface area contributed by atoms with Crippen molar-refractivity contribution in [2.24, 2.45) is 0 Å². The van der Waals surface area contributed by atoms with Gasteiger partial charge in [0.15, 0.2) is 0 Å². The fraction of sp³-hybridized carbons (Fsp3) is 0.750. The SMILES string of the molecule is C=C(C)C(=O)OC(C)(C)CCC(C)(C)OC(=O)C(C)(C)Br. The second-order valence-corrected chi connectivity index (χ2v) is 9.03. The third-order valence-corrected chi connectivity index (χ3v) is 3.22. The standard InChI is InChI=1S/C16H27BrO4/c1-11(2)12(18)20-14(3,4)9-10-15(5,6)21-13(19)16(7,8)17/h1,9-10H2,2-8H3. The molecule has 0 aliphatic heterocycles. The zero-order valence-electron chi connectivity index (χ0n) is 14.1. The largest absolute Gasteiger partial charge is 0.459 e. The van der Waals surface area contributed by atoms with Crippen LogP contribution in [0.1, 0.15) is 61.3 Å². The Labute approximate surface area is 136 Å². The second kappa shape index (κ2) is 6.95. The van der Waals surface area contributed by atoms with Crippen LogP contribution < -0.4 is 0 Å². The van der Waals surface area contributed by atoms with E-state index in [9.17, 15) is 9.59 Å². The Morgan fingerprint density at radius 3 is 1.67 bits per heavy atom. The number of rotatable bonds is 7. The number of hydrogen-bond acceptors (Lipinski definition) is 4. The fourth-order valence-electron chi connectivity index (χ4n) is 1.41. The highest BCUT2D eigenvalue weighted by atomic mass is 79.9. The van der Waals surface area contributed by atoms with Gasteiger partial charge in [0.05, 0.1) is 0 Å². The van der Waals surface area contributed by atoms with Crippen LogP contribution in [0.5, 0.6) is 0 Å². The number of alkyl halides is 1. The Morgan fingerprint density at radius 1 is 0.952 bits per heavy atom. The van der Waals surface area contributed by atoms with E-state index in [-0.39, 0.29) is 5.97 Å². The van der Waals surface area contributed by atoms with Gasteiger partial charge in [-0.05, 0) is 61.3 Å². The minimum atomic E-state index is -0.716. The van der Waals surface area contributed by atoms with Crippen molar-refractivity contribution in [2.45, 2.75) is 76.8 Å². The number of halogens is 1. The van der Waals surface area contributed by atoms with Crippen LogP contribution in [-0.2, 0) is 19.1 Å². The van der Waals surface area contributed by atoms with Crippen LogP contribution in [0.2, 0.25) is 0 Å². The zero-order valence-corrected chi connectivity index (χ0v) is 15.7. The third-order valence-electron chi connectivity index (χ3n) is 2.90. The molecule has 5 heteroatoms. The van der Waals surface area contributed by atoms with E-state index >= 15 is 0 Å². The van der Waals surface area contributed by atoms with Crippen LogP contribution in [0.4, 0.5) is 0 Å². The van der Waals surface area contributed by atoms with Crippen molar-refractivity contribution in [3.8, 4) is 0 Å². The van der Waals surface area contributed by atoms with Gasteiger partial charge in [0, 0.05) is 5.57 Å². The summed E-state index contributed by atoms with van der Waals surface area (Å²) in [5, 5.41) is 0. The average Bonchev–Trinajstić information content (AvgIpc) is 2.24.